The fourth-order valence-corrected chi connectivity index (χ4v) is 2.29. The number of rotatable bonds is 7. The Morgan fingerprint density at radius 3 is 1.91 bits per heavy atom. The molecule has 0 amide bonds. The van der Waals surface area contributed by atoms with Crippen LogP contribution in [0, 0.1) is 0 Å². The summed E-state index contributed by atoms with van der Waals surface area (Å²) in [6.07, 6.45) is 8.44. The highest BCUT2D eigenvalue weighted by molar-refractivity contribution is 5.38. The van der Waals surface area contributed by atoms with E-state index in [9.17, 15) is 5.11 Å². The van der Waals surface area contributed by atoms with Crippen molar-refractivity contribution < 1.29 is 15.3 Å². The smallest absolute Gasteiger partial charge is 0.122 e. The Balaban J connectivity index is 0.000000313. The molecule has 0 atom stereocenters. The Morgan fingerprint density at radius 2 is 1.35 bits per heavy atom. The van der Waals surface area contributed by atoms with Gasteiger partial charge in [-0.3, -0.25) is 0 Å². The van der Waals surface area contributed by atoms with Crippen LogP contribution in [-0.4, -0.2) is 15.3 Å². The van der Waals surface area contributed by atoms with Crippen LogP contribution in [0.5, 0.6) is 17.2 Å². The van der Waals surface area contributed by atoms with Crippen LogP contribution < -0.4 is 0 Å². The highest BCUT2D eigenvalue weighted by atomic mass is 16.3. The predicted molar refractivity (Wildman–Crippen MR) is 95.0 cm³/mol. The minimum atomic E-state index is 0.129. The summed E-state index contributed by atoms with van der Waals surface area (Å²) >= 11 is 0. The van der Waals surface area contributed by atoms with Gasteiger partial charge in [-0.15, -0.1) is 0 Å². The van der Waals surface area contributed by atoms with E-state index in [0.717, 1.165) is 18.4 Å². The molecule has 2 aromatic rings. The Labute approximate surface area is 139 Å². The monoisotopic (exact) mass is 316 g/mol. The summed E-state index contributed by atoms with van der Waals surface area (Å²) in [6, 6.07) is 13.6. The third-order valence-electron chi connectivity index (χ3n) is 3.62. The van der Waals surface area contributed by atoms with Crippen LogP contribution in [0.2, 0.25) is 0 Å². The van der Waals surface area contributed by atoms with Crippen LogP contribution in [0.3, 0.4) is 0 Å². The van der Waals surface area contributed by atoms with E-state index in [-0.39, 0.29) is 11.5 Å². The molecule has 23 heavy (non-hydrogen) atoms. The van der Waals surface area contributed by atoms with Gasteiger partial charge in [-0.25, -0.2) is 0 Å². The molecule has 2 rings (SSSR count). The van der Waals surface area contributed by atoms with Gasteiger partial charge < -0.3 is 15.3 Å². The molecule has 2 aromatic carbocycles. The maximum Gasteiger partial charge on any atom is 0.122 e. The summed E-state index contributed by atoms with van der Waals surface area (Å²) in [6.45, 7) is 2.22. The maximum atomic E-state index is 9.57. The van der Waals surface area contributed by atoms with E-state index in [1.54, 1.807) is 36.4 Å². The lowest BCUT2D eigenvalue weighted by Gasteiger charge is -2.05. The molecule has 0 unspecified atom stereocenters. The molecule has 0 spiro atoms. The molecule has 3 nitrogen and oxygen atoms in total. The molecule has 0 heterocycles. The van der Waals surface area contributed by atoms with Crippen molar-refractivity contribution in [2.75, 3.05) is 0 Å². The fourth-order valence-electron chi connectivity index (χ4n) is 2.29. The van der Waals surface area contributed by atoms with Gasteiger partial charge in [0.25, 0.3) is 0 Å². The first-order chi connectivity index (χ1) is 11.1. The zero-order valence-corrected chi connectivity index (χ0v) is 13.9. The highest BCUT2D eigenvalue weighted by Crippen LogP contribution is 2.24. The van der Waals surface area contributed by atoms with Gasteiger partial charge in [-0.1, -0.05) is 63.3 Å². The van der Waals surface area contributed by atoms with E-state index in [2.05, 4.69) is 6.92 Å². The minimum absolute atomic E-state index is 0.129. The van der Waals surface area contributed by atoms with Gasteiger partial charge in [0.15, 0.2) is 0 Å². The van der Waals surface area contributed by atoms with Crippen molar-refractivity contribution >= 4 is 0 Å². The number of phenols is 3. The minimum Gasteiger partial charge on any atom is -0.508 e. The number of hydrogen-bond donors (Lipinski definition) is 3. The number of aryl methyl sites for hydroxylation is 1. The van der Waals surface area contributed by atoms with Crippen molar-refractivity contribution in [2.24, 2.45) is 0 Å². The molecular formula is C20H28O3. The van der Waals surface area contributed by atoms with Gasteiger partial charge in [-0.05, 0) is 36.6 Å². The molecule has 0 saturated carbocycles. The molecule has 0 aliphatic carbocycles. The standard InChI is InChI=1S/C14H22O2.C6H6O/c1-2-3-4-5-6-7-8-12-9-10-13(15)11-14(12)16;7-6-4-2-1-3-5-6/h9-11,15-16H,2-8H2,1H3;1-5,7H. The van der Waals surface area contributed by atoms with E-state index in [4.69, 9.17) is 10.2 Å². The van der Waals surface area contributed by atoms with E-state index in [1.165, 1.54) is 38.2 Å². The second-order valence-corrected chi connectivity index (χ2v) is 5.67. The molecule has 0 aliphatic rings. The molecule has 0 bridgehead atoms. The summed E-state index contributed by atoms with van der Waals surface area (Å²) in [5, 5.41) is 27.4. The second-order valence-electron chi connectivity index (χ2n) is 5.67. The molecule has 0 saturated heterocycles. The number of hydrogen-bond acceptors (Lipinski definition) is 3. The molecule has 0 aromatic heterocycles. The van der Waals surface area contributed by atoms with Crippen molar-refractivity contribution in [1.82, 2.24) is 0 Å². The van der Waals surface area contributed by atoms with Gasteiger partial charge >= 0.3 is 0 Å². The molecule has 0 radical (unpaired) electrons. The number of para-hydroxylation sites is 1. The fraction of sp³-hybridized carbons (Fsp3) is 0.400. The van der Waals surface area contributed by atoms with E-state index in [1.807, 2.05) is 6.07 Å². The van der Waals surface area contributed by atoms with Crippen molar-refractivity contribution in [3.8, 4) is 17.2 Å². The normalized spacial score (nSPS) is 9.96. The molecule has 126 valence electrons. The first-order valence-corrected chi connectivity index (χ1v) is 8.38. The van der Waals surface area contributed by atoms with Gasteiger partial charge in [0, 0.05) is 6.07 Å². The van der Waals surface area contributed by atoms with E-state index in [0.29, 0.717) is 5.75 Å². The average Bonchev–Trinajstić information content (AvgIpc) is 2.54. The summed E-state index contributed by atoms with van der Waals surface area (Å²) in [4.78, 5) is 0. The topological polar surface area (TPSA) is 60.7 Å². The van der Waals surface area contributed by atoms with Gasteiger partial charge in [0.05, 0.1) is 0 Å². The number of aromatic hydroxyl groups is 3. The van der Waals surface area contributed by atoms with Crippen molar-refractivity contribution in [1.29, 1.82) is 0 Å². The zero-order valence-electron chi connectivity index (χ0n) is 13.9. The SMILES string of the molecule is CCCCCCCCc1ccc(O)cc1O.Oc1ccccc1. The Bertz CT molecular complexity index is 538. The summed E-state index contributed by atoms with van der Waals surface area (Å²) in [5.41, 5.74) is 0.938. The molecule has 0 fully saturated rings. The third kappa shape index (κ3) is 8.77. The first kappa shape index (κ1) is 18.9. The maximum absolute atomic E-state index is 9.57. The Morgan fingerprint density at radius 1 is 0.696 bits per heavy atom. The van der Waals surface area contributed by atoms with Crippen LogP contribution >= 0.6 is 0 Å². The zero-order chi connectivity index (χ0) is 16.9. The Kier molecular flexibility index (Phi) is 9.37. The van der Waals surface area contributed by atoms with E-state index >= 15 is 0 Å². The van der Waals surface area contributed by atoms with Crippen LogP contribution in [0.1, 0.15) is 51.0 Å². The second kappa shape index (κ2) is 11.4. The quantitative estimate of drug-likeness (QED) is 0.600. The van der Waals surface area contributed by atoms with E-state index < -0.39 is 0 Å². The highest BCUT2D eigenvalue weighted by Gasteiger charge is 2.01. The summed E-state index contributed by atoms with van der Waals surface area (Å²) in [7, 11) is 0. The Hall–Kier alpha value is -2.16. The average molecular weight is 316 g/mol. The largest absolute Gasteiger partial charge is 0.508 e. The number of unbranched alkanes of at least 4 members (excludes halogenated alkanes) is 5. The van der Waals surface area contributed by atoms with Crippen molar-refractivity contribution in [2.45, 2.75) is 51.9 Å². The van der Waals surface area contributed by atoms with Crippen LogP contribution in [0.4, 0.5) is 0 Å². The molecular weight excluding hydrogens is 288 g/mol. The first-order valence-electron chi connectivity index (χ1n) is 8.38. The molecule has 3 N–H and O–H groups in total. The number of phenolic OH excluding ortho intramolecular Hbond substituents is 3. The third-order valence-corrected chi connectivity index (χ3v) is 3.62. The lowest BCUT2D eigenvalue weighted by molar-refractivity contribution is 0.444. The van der Waals surface area contributed by atoms with Crippen LogP contribution in [0.15, 0.2) is 48.5 Å². The van der Waals surface area contributed by atoms with Gasteiger partial charge in [0.1, 0.15) is 17.2 Å². The van der Waals surface area contributed by atoms with Crippen molar-refractivity contribution in [3.63, 3.8) is 0 Å². The van der Waals surface area contributed by atoms with Crippen LogP contribution in [-0.2, 0) is 6.42 Å². The number of benzene rings is 2. The van der Waals surface area contributed by atoms with Crippen LogP contribution in [0.25, 0.3) is 0 Å². The van der Waals surface area contributed by atoms with Crippen molar-refractivity contribution in [3.05, 3.63) is 54.1 Å². The predicted octanol–water partition coefficient (Wildman–Crippen LogP) is 5.39. The van der Waals surface area contributed by atoms with Gasteiger partial charge in [-0.2, -0.15) is 0 Å². The molecule has 0 aliphatic heterocycles. The summed E-state index contributed by atoms with van der Waals surface area (Å²) in [5.74, 6) is 0.667. The lowest BCUT2D eigenvalue weighted by Crippen LogP contribution is -1.87. The molecule has 3 heteroatoms. The lowest BCUT2D eigenvalue weighted by atomic mass is 10.0. The summed E-state index contributed by atoms with van der Waals surface area (Å²) < 4.78 is 0. The van der Waals surface area contributed by atoms with Gasteiger partial charge in [0.2, 0.25) is 0 Å².